The Morgan fingerprint density at radius 2 is 2.14 bits per heavy atom. The fraction of sp³-hybridized carbons (Fsp3) is 0. The van der Waals surface area contributed by atoms with Crippen molar-refractivity contribution in [3.05, 3.63) is 29.9 Å². The molecule has 3 aromatic rings. The summed E-state index contributed by atoms with van der Waals surface area (Å²) in [4.78, 5) is 13.3. The maximum absolute atomic E-state index is 5.44. The van der Waals surface area contributed by atoms with Crippen molar-refractivity contribution in [3.8, 4) is 10.8 Å². The summed E-state index contributed by atoms with van der Waals surface area (Å²) >= 11 is 1.58. The molecule has 3 rings (SSSR count). The minimum Gasteiger partial charge on any atom is -0.415 e. The number of hydrogen-bond acceptors (Lipinski definition) is 5. The van der Waals surface area contributed by atoms with E-state index in [1.165, 1.54) is 0 Å². The second-order valence-electron chi connectivity index (χ2n) is 2.68. The van der Waals surface area contributed by atoms with Crippen LogP contribution >= 0.6 is 11.3 Å². The number of oxazole rings is 1. The van der Waals surface area contributed by atoms with Gasteiger partial charge in [-0.2, -0.15) is 4.98 Å². The first-order valence-corrected chi connectivity index (χ1v) is 4.93. The first-order valence-electron chi connectivity index (χ1n) is 4.05. The lowest BCUT2D eigenvalue weighted by atomic mass is 10.5. The highest BCUT2D eigenvalue weighted by Crippen LogP contribution is 2.25. The van der Waals surface area contributed by atoms with E-state index in [1.54, 1.807) is 23.7 Å². The first-order chi connectivity index (χ1) is 6.93. The molecule has 68 valence electrons. The Morgan fingerprint density at radius 1 is 1.21 bits per heavy atom. The van der Waals surface area contributed by atoms with Gasteiger partial charge in [-0.15, -0.1) is 11.3 Å². The molecule has 0 atom stereocenters. The number of thiophene rings is 1. The van der Waals surface area contributed by atoms with Gasteiger partial charge >= 0.3 is 0 Å². The van der Waals surface area contributed by atoms with Gasteiger partial charge in [0.25, 0.3) is 5.71 Å². The maximum Gasteiger partial charge on any atom is 0.266 e. The van der Waals surface area contributed by atoms with E-state index in [0.29, 0.717) is 17.3 Å². The summed E-state index contributed by atoms with van der Waals surface area (Å²) in [5.41, 5.74) is 1.03. The van der Waals surface area contributed by atoms with E-state index in [1.807, 2.05) is 17.5 Å². The summed E-state index contributed by atoms with van der Waals surface area (Å²) in [6, 6.07) is 3.91. The van der Waals surface area contributed by atoms with Crippen LogP contribution in [0.3, 0.4) is 0 Å². The molecule has 0 spiro atoms. The quantitative estimate of drug-likeness (QED) is 0.609. The Labute approximate surface area is 83.3 Å². The largest absolute Gasteiger partial charge is 0.415 e. The Kier molecular flexibility index (Phi) is 1.57. The summed E-state index contributed by atoms with van der Waals surface area (Å²) < 4.78 is 5.44. The third kappa shape index (κ3) is 1.10. The van der Waals surface area contributed by atoms with E-state index >= 15 is 0 Å². The molecule has 0 aliphatic heterocycles. The molecule has 3 aromatic heterocycles. The third-order valence-corrected chi connectivity index (χ3v) is 2.64. The van der Waals surface area contributed by atoms with Crippen molar-refractivity contribution < 1.29 is 4.42 Å². The predicted molar refractivity (Wildman–Crippen MR) is 52.9 cm³/mol. The summed E-state index contributed by atoms with van der Waals surface area (Å²) in [6.07, 6.45) is 3.19. The third-order valence-electron chi connectivity index (χ3n) is 1.78. The van der Waals surface area contributed by atoms with Crippen molar-refractivity contribution >= 4 is 22.7 Å². The van der Waals surface area contributed by atoms with Crippen LogP contribution in [-0.2, 0) is 0 Å². The van der Waals surface area contributed by atoms with Crippen LogP contribution < -0.4 is 0 Å². The van der Waals surface area contributed by atoms with Gasteiger partial charge < -0.3 is 4.42 Å². The minimum atomic E-state index is 0.482. The molecule has 0 aliphatic rings. The van der Waals surface area contributed by atoms with Crippen molar-refractivity contribution in [2.45, 2.75) is 0 Å². The highest BCUT2D eigenvalue weighted by Gasteiger charge is 2.09. The predicted octanol–water partition coefficient (Wildman–Crippen LogP) is 2.35. The fourth-order valence-electron chi connectivity index (χ4n) is 1.18. The topological polar surface area (TPSA) is 51.8 Å². The lowest BCUT2D eigenvalue weighted by Gasteiger charge is -1.83. The van der Waals surface area contributed by atoms with Crippen molar-refractivity contribution in [1.29, 1.82) is 0 Å². The highest BCUT2D eigenvalue weighted by molar-refractivity contribution is 7.13. The molecule has 14 heavy (non-hydrogen) atoms. The summed E-state index contributed by atoms with van der Waals surface area (Å²) in [5, 5.41) is 1.98. The normalized spacial score (nSPS) is 10.9. The standard InChI is InChI=1S/C9H5N3OS/c1-2-6(14-5-1)8-12-7-9(13-8)11-4-3-10-7/h1-5H. The average molecular weight is 203 g/mol. The monoisotopic (exact) mass is 203 g/mol. The van der Waals surface area contributed by atoms with E-state index < -0.39 is 0 Å². The van der Waals surface area contributed by atoms with Crippen molar-refractivity contribution in [3.63, 3.8) is 0 Å². The van der Waals surface area contributed by atoms with Crippen LogP contribution in [0.2, 0.25) is 0 Å². The van der Waals surface area contributed by atoms with Gasteiger partial charge in [-0.05, 0) is 11.4 Å². The summed E-state index contributed by atoms with van der Waals surface area (Å²) in [7, 11) is 0. The van der Waals surface area contributed by atoms with Crippen LogP contribution in [0.25, 0.3) is 22.1 Å². The van der Waals surface area contributed by atoms with Gasteiger partial charge in [-0.25, -0.2) is 9.97 Å². The van der Waals surface area contributed by atoms with Crippen LogP contribution in [0.4, 0.5) is 0 Å². The number of fused-ring (bicyclic) bond motifs is 1. The van der Waals surface area contributed by atoms with Gasteiger partial charge in [-0.1, -0.05) is 6.07 Å². The average Bonchev–Trinajstić information content (AvgIpc) is 2.86. The molecule has 5 heteroatoms. The Hall–Kier alpha value is -1.75. The molecule has 0 fully saturated rings. The van der Waals surface area contributed by atoms with Gasteiger partial charge in [0.05, 0.1) is 4.88 Å². The number of rotatable bonds is 1. The second kappa shape index (κ2) is 2.88. The van der Waals surface area contributed by atoms with Gasteiger partial charge in [0.2, 0.25) is 11.5 Å². The summed E-state index contributed by atoms with van der Waals surface area (Å²) in [6.45, 7) is 0. The lowest BCUT2D eigenvalue weighted by molar-refractivity contribution is 0.609. The molecule has 0 saturated carbocycles. The van der Waals surface area contributed by atoms with Gasteiger partial charge in [-0.3, -0.25) is 0 Å². The van der Waals surface area contributed by atoms with Crippen LogP contribution in [-0.4, -0.2) is 15.0 Å². The van der Waals surface area contributed by atoms with Crippen LogP contribution in [0, 0.1) is 0 Å². The SMILES string of the molecule is c1csc(-c2nc3nccnc3o2)c1. The molecular formula is C9H5N3OS. The molecule has 0 aliphatic carbocycles. The zero-order valence-electron chi connectivity index (χ0n) is 7.04. The zero-order chi connectivity index (χ0) is 9.38. The molecule has 0 bridgehead atoms. The molecule has 0 aromatic carbocycles. The molecule has 0 unspecified atom stereocenters. The van der Waals surface area contributed by atoms with E-state index in [4.69, 9.17) is 4.42 Å². The van der Waals surface area contributed by atoms with Crippen molar-refractivity contribution in [2.24, 2.45) is 0 Å². The Morgan fingerprint density at radius 3 is 2.93 bits per heavy atom. The smallest absolute Gasteiger partial charge is 0.266 e. The number of aromatic nitrogens is 3. The second-order valence-corrected chi connectivity index (χ2v) is 3.63. The number of hydrogen-bond donors (Lipinski definition) is 0. The molecule has 3 heterocycles. The van der Waals surface area contributed by atoms with Crippen LogP contribution in [0.15, 0.2) is 34.3 Å². The van der Waals surface area contributed by atoms with Crippen LogP contribution in [0.5, 0.6) is 0 Å². The van der Waals surface area contributed by atoms with Crippen molar-refractivity contribution in [1.82, 2.24) is 15.0 Å². The Bertz CT molecular complexity index is 525. The molecule has 0 radical (unpaired) electrons. The van der Waals surface area contributed by atoms with E-state index in [-0.39, 0.29) is 0 Å². The highest BCUT2D eigenvalue weighted by atomic mass is 32.1. The van der Waals surface area contributed by atoms with E-state index in [2.05, 4.69) is 15.0 Å². The molecular weight excluding hydrogens is 198 g/mol. The number of nitrogens with zero attached hydrogens (tertiary/aromatic N) is 3. The Balaban J connectivity index is 2.24. The zero-order valence-corrected chi connectivity index (χ0v) is 7.86. The van der Waals surface area contributed by atoms with Gasteiger partial charge in [0, 0.05) is 12.4 Å². The summed E-state index contributed by atoms with van der Waals surface area (Å²) in [5.74, 6) is 0.584. The fourth-order valence-corrected chi connectivity index (χ4v) is 1.83. The van der Waals surface area contributed by atoms with Gasteiger partial charge in [0.1, 0.15) is 0 Å². The van der Waals surface area contributed by atoms with E-state index in [0.717, 1.165) is 4.88 Å². The van der Waals surface area contributed by atoms with Crippen LogP contribution in [0.1, 0.15) is 0 Å². The molecule has 0 amide bonds. The lowest BCUT2D eigenvalue weighted by Crippen LogP contribution is -1.76. The molecule has 0 N–H and O–H groups in total. The minimum absolute atomic E-state index is 0.482. The first kappa shape index (κ1) is 7.64. The van der Waals surface area contributed by atoms with Gasteiger partial charge in [0.15, 0.2) is 0 Å². The van der Waals surface area contributed by atoms with E-state index in [9.17, 15) is 0 Å². The molecule has 4 nitrogen and oxygen atoms in total. The maximum atomic E-state index is 5.44. The molecule has 0 saturated heterocycles. The van der Waals surface area contributed by atoms with Crippen molar-refractivity contribution in [2.75, 3.05) is 0 Å².